The van der Waals surface area contributed by atoms with Crippen LogP contribution in [0.4, 0.5) is 0 Å². The molecule has 1 aromatic rings. The van der Waals surface area contributed by atoms with Gasteiger partial charge in [-0.1, -0.05) is 33.1 Å². The van der Waals surface area contributed by atoms with Gasteiger partial charge in [-0.05, 0) is 13.3 Å². The number of nitrogens with one attached hydrogen (secondary N) is 2. The van der Waals surface area contributed by atoms with Gasteiger partial charge in [-0.3, -0.25) is 4.99 Å². The first-order valence-electron chi connectivity index (χ1n) is 9.11. The largest absolute Gasteiger partial charge is 0.383 e. The maximum absolute atomic E-state index is 5.09. The van der Waals surface area contributed by atoms with Gasteiger partial charge in [0.05, 0.1) is 13.2 Å². The topological polar surface area (TPSA) is 76.4 Å². The van der Waals surface area contributed by atoms with Crippen molar-refractivity contribution in [2.24, 2.45) is 4.99 Å². The van der Waals surface area contributed by atoms with Crippen LogP contribution in [-0.4, -0.2) is 53.6 Å². The van der Waals surface area contributed by atoms with Crippen LogP contribution >= 0.6 is 0 Å². The van der Waals surface area contributed by atoms with Crippen molar-refractivity contribution in [2.45, 2.75) is 65.5 Å². The fourth-order valence-corrected chi connectivity index (χ4v) is 2.44. The highest BCUT2D eigenvalue weighted by Crippen LogP contribution is 2.02. The first-order chi connectivity index (χ1) is 11.7. The molecule has 0 aliphatic heterocycles. The van der Waals surface area contributed by atoms with Crippen LogP contribution in [0.15, 0.2) is 11.3 Å². The summed E-state index contributed by atoms with van der Waals surface area (Å²) >= 11 is 0. The van der Waals surface area contributed by atoms with E-state index in [2.05, 4.69) is 51.2 Å². The number of hydrogen-bond donors (Lipinski definition) is 2. The summed E-state index contributed by atoms with van der Waals surface area (Å²) in [5.74, 6) is 1.86. The molecule has 24 heavy (non-hydrogen) atoms. The van der Waals surface area contributed by atoms with Crippen LogP contribution in [0.25, 0.3) is 0 Å². The Balaban J connectivity index is 2.44. The van der Waals surface area contributed by atoms with Crippen LogP contribution in [0.2, 0.25) is 0 Å². The van der Waals surface area contributed by atoms with E-state index in [0.717, 1.165) is 37.7 Å². The van der Waals surface area contributed by atoms with Crippen molar-refractivity contribution in [3.8, 4) is 0 Å². The van der Waals surface area contributed by atoms with Crippen molar-refractivity contribution in [3.63, 3.8) is 0 Å². The number of unbranched alkanes of at least 4 members (excludes halogenated alkanes) is 2. The zero-order chi connectivity index (χ0) is 17.6. The fourth-order valence-electron chi connectivity index (χ4n) is 2.44. The minimum atomic E-state index is 0.409. The molecule has 0 fully saturated rings. The molecule has 1 aromatic heterocycles. The van der Waals surface area contributed by atoms with Gasteiger partial charge in [0.2, 0.25) is 0 Å². The van der Waals surface area contributed by atoms with Gasteiger partial charge in [0.15, 0.2) is 5.96 Å². The van der Waals surface area contributed by atoms with Gasteiger partial charge in [-0.25, -0.2) is 0 Å². The fraction of sp³-hybridized carbons (Fsp3) is 0.824. The third-order valence-corrected chi connectivity index (χ3v) is 3.85. The van der Waals surface area contributed by atoms with E-state index in [-0.39, 0.29) is 0 Å². The third kappa shape index (κ3) is 8.29. The first-order valence-corrected chi connectivity index (χ1v) is 9.11. The monoisotopic (exact) mass is 338 g/mol. The molecule has 1 rings (SSSR count). The number of aliphatic imine (C=N–C) groups is 1. The van der Waals surface area contributed by atoms with Gasteiger partial charge >= 0.3 is 0 Å². The summed E-state index contributed by atoms with van der Waals surface area (Å²) in [6.45, 7) is 9.41. The molecule has 0 radical (unpaired) electrons. The zero-order valence-electron chi connectivity index (χ0n) is 15.7. The van der Waals surface area contributed by atoms with E-state index in [1.807, 2.05) is 0 Å². The van der Waals surface area contributed by atoms with Crippen LogP contribution in [0.3, 0.4) is 0 Å². The Morgan fingerprint density at radius 3 is 2.92 bits per heavy atom. The summed E-state index contributed by atoms with van der Waals surface area (Å²) in [7, 11) is 1.70. The van der Waals surface area contributed by atoms with Crippen molar-refractivity contribution < 1.29 is 4.74 Å². The van der Waals surface area contributed by atoms with E-state index in [4.69, 9.17) is 4.74 Å². The SMILES string of the molecule is CCCCCC(C)NC(=NCCOC)NCCn1cnnc1CC. The maximum atomic E-state index is 5.09. The molecule has 0 amide bonds. The van der Waals surface area contributed by atoms with E-state index in [1.54, 1.807) is 13.4 Å². The molecule has 0 saturated heterocycles. The second-order valence-corrected chi connectivity index (χ2v) is 5.99. The molecule has 2 N–H and O–H groups in total. The van der Waals surface area contributed by atoms with Crippen molar-refractivity contribution in [2.75, 3.05) is 26.8 Å². The number of hydrogen-bond acceptors (Lipinski definition) is 4. The van der Waals surface area contributed by atoms with Crippen molar-refractivity contribution in [3.05, 3.63) is 12.2 Å². The molecule has 138 valence electrons. The highest BCUT2D eigenvalue weighted by atomic mass is 16.5. The van der Waals surface area contributed by atoms with E-state index < -0.39 is 0 Å². The smallest absolute Gasteiger partial charge is 0.191 e. The number of guanidine groups is 1. The highest BCUT2D eigenvalue weighted by molar-refractivity contribution is 5.80. The van der Waals surface area contributed by atoms with E-state index in [1.165, 1.54) is 19.3 Å². The third-order valence-electron chi connectivity index (χ3n) is 3.85. The van der Waals surface area contributed by atoms with Crippen LogP contribution < -0.4 is 10.6 Å². The minimum Gasteiger partial charge on any atom is -0.383 e. The van der Waals surface area contributed by atoms with Gasteiger partial charge in [0.1, 0.15) is 12.2 Å². The Kier molecular flexibility index (Phi) is 10.8. The molecule has 7 heteroatoms. The summed E-state index contributed by atoms with van der Waals surface area (Å²) in [4.78, 5) is 4.57. The van der Waals surface area contributed by atoms with Gasteiger partial charge in [-0.2, -0.15) is 0 Å². The van der Waals surface area contributed by atoms with Crippen LogP contribution in [0, 0.1) is 0 Å². The van der Waals surface area contributed by atoms with Crippen LogP contribution in [0.1, 0.15) is 52.3 Å². The molecule has 0 saturated carbocycles. The zero-order valence-corrected chi connectivity index (χ0v) is 15.7. The van der Waals surface area contributed by atoms with E-state index in [9.17, 15) is 0 Å². The molecule has 1 atom stereocenters. The van der Waals surface area contributed by atoms with Gasteiger partial charge in [0, 0.05) is 32.7 Å². The molecule has 0 aromatic carbocycles. The molecule has 7 nitrogen and oxygen atoms in total. The number of aromatic nitrogens is 3. The van der Waals surface area contributed by atoms with Crippen molar-refractivity contribution >= 4 is 5.96 Å². The second-order valence-electron chi connectivity index (χ2n) is 5.99. The quantitative estimate of drug-likeness (QED) is 0.346. The molecule has 1 heterocycles. The summed E-state index contributed by atoms with van der Waals surface area (Å²) in [5.41, 5.74) is 0. The van der Waals surface area contributed by atoms with E-state index >= 15 is 0 Å². The Bertz CT molecular complexity index is 460. The Morgan fingerprint density at radius 2 is 2.21 bits per heavy atom. The lowest BCUT2D eigenvalue weighted by Gasteiger charge is -2.18. The summed E-state index contributed by atoms with van der Waals surface area (Å²) in [6.07, 6.45) is 7.60. The molecular weight excluding hydrogens is 304 g/mol. The number of nitrogens with zero attached hydrogens (tertiary/aromatic N) is 4. The number of rotatable bonds is 12. The molecular formula is C17H34N6O. The number of aryl methyl sites for hydroxylation is 1. The van der Waals surface area contributed by atoms with Gasteiger partial charge < -0.3 is 19.9 Å². The summed E-state index contributed by atoms with van der Waals surface area (Å²) in [6, 6.07) is 0.409. The summed E-state index contributed by atoms with van der Waals surface area (Å²) < 4.78 is 7.16. The maximum Gasteiger partial charge on any atom is 0.191 e. The average Bonchev–Trinajstić information content (AvgIpc) is 3.02. The van der Waals surface area contributed by atoms with Gasteiger partial charge in [0.25, 0.3) is 0 Å². The van der Waals surface area contributed by atoms with E-state index in [0.29, 0.717) is 19.2 Å². The molecule has 0 aliphatic carbocycles. The Labute approximate surface area is 146 Å². The van der Waals surface area contributed by atoms with Crippen molar-refractivity contribution in [1.29, 1.82) is 0 Å². The molecule has 0 bridgehead atoms. The minimum absolute atomic E-state index is 0.409. The Morgan fingerprint density at radius 1 is 1.38 bits per heavy atom. The summed E-state index contributed by atoms with van der Waals surface area (Å²) in [5, 5.41) is 15.0. The molecule has 0 spiro atoms. The average molecular weight is 339 g/mol. The predicted octanol–water partition coefficient (Wildman–Crippen LogP) is 1.99. The molecule has 1 unspecified atom stereocenters. The lowest BCUT2D eigenvalue weighted by Crippen LogP contribution is -2.43. The first kappa shape index (κ1) is 20.4. The van der Waals surface area contributed by atoms with Crippen LogP contribution in [0.5, 0.6) is 0 Å². The molecule has 0 aliphatic rings. The standard InChI is InChI=1S/C17H34N6O/c1-5-7-8-9-15(3)21-17(19-11-13-24-4)18-10-12-23-14-20-22-16(23)6-2/h14-15H,5-13H2,1-4H3,(H2,18,19,21). The van der Waals surface area contributed by atoms with Crippen LogP contribution in [-0.2, 0) is 17.7 Å². The number of methoxy groups -OCH3 is 1. The normalized spacial score (nSPS) is 13.1. The van der Waals surface area contributed by atoms with Crippen molar-refractivity contribution in [1.82, 2.24) is 25.4 Å². The lowest BCUT2D eigenvalue weighted by atomic mass is 10.1. The number of ether oxygens (including phenoxy) is 1. The van der Waals surface area contributed by atoms with Gasteiger partial charge in [-0.15, -0.1) is 10.2 Å². The highest BCUT2D eigenvalue weighted by Gasteiger charge is 2.06. The lowest BCUT2D eigenvalue weighted by molar-refractivity contribution is 0.208. The second kappa shape index (κ2) is 12.8. The Hall–Kier alpha value is -1.63. The predicted molar refractivity (Wildman–Crippen MR) is 98.3 cm³/mol.